The normalized spacial score (nSPS) is 11.6. The van der Waals surface area contributed by atoms with Gasteiger partial charge in [0.05, 0.1) is 31.6 Å². The number of nitrogens with one attached hydrogen (secondary N) is 2. The third-order valence-electron chi connectivity index (χ3n) is 3.74. The van der Waals surface area contributed by atoms with Crippen molar-refractivity contribution in [2.45, 2.75) is 19.5 Å². The monoisotopic (exact) mass is 351 g/mol. The molecular formula is C19H21N5O2. The maximum atomic E-state index is 12.4. The van der Waals surface area contributed by atoms with Gasteiger partial charge in [0.2, 0.25) is 0 Å². The summed E-state index contributed by atoms with van der Waals surface area (Å²) in [6.45, 7) is 2.97. The lowest BCUT2D eigenvalue weighted by Gasteiger charge is -2.19. The number of carbonyl (C=O) groups is 1. The van der Waals surface area contributed by atoms with E-state index in [2.05, 4.69) is 20.8 Å². The van der Waals surface area contributed by atoms with Crippen LogP contribution in [0, 0.1) is 0 Å². The number of carbonyl (C=O) groups excluding carboxylic acids is 1. The number of rotatable bonds is 7. The van der Waals surface area contributed by atoms with E-state index < -0.39 is 0 Å². The standard InChI is InChI=1S/C19H21N5O2/c1-2-26-17-10-8-16(9-11-17)22-19(25)23-18(14-24-20-12-13-21-24)15-6-4-3-5-7-15/h3-13,18H,2,14H2,1H3,(H2,22,23,25). The van der Waals surface area contributed by atoms with Gasteiger partial charge in [0.15, 0.2) is 0 Å². The van der Waals surface area contributed by atoms with E-state index in [9.17, 15) is 4.79 Å². The number of anilines is 1. The largest absolute Gasteiger partial charge is 0.494 e. The zero-order valence-corrected chi connectivity index (χ0v) is 14.5. The molecule has 7 heteroatoms. The van der Waals surface area contributed by atoms with Gasteiger partial charge in [0, 0.05) is 5.69 Å². The summed E-state index contributed by atoms with van der Waals surface area (Å²) >= 11 is 0. The summed E-state index contributed by atoms with van der Waals surface area (Å²) in [5.74, 6) is 0.769. The first-order chi connectivity index (χ1) is 12.7. The molecule has 2 N–H and O–H groups in total. The number of aromatic nitrogens is 3. The molecule has 0 radical (unpaired) electrons. The van der Waals surface area contributed by atoms with Crippen LogP contribution in [0.1, 0.15) is 18.5 Å². The van der Waals surface area contributed by atoms with E-state index >= 15 is 0 Å². The molecule has 1 aromatic heterocycles. The third kappa shape index (κ3) is 4.83. The van der Waals surface area contributed by atoms with Crippen LogP contribution in [0.5, 0.6) is 5.75 Å². The fraction of sp³-hybridized carbons (Fsp3) is 0.211. The highest BCUT2D eigenvalue weighted by Crippen LogP contribution is 2.17. The molecule has 1 unspecified atom stereocenters. The highest BCUT2D eigenvalue weighted by molar-refractivity contribution is 5.89. The van der Waals surface area contributed by atoms with E-state index in [0.717, 1.165) is 11.3 Å². The number of amides is 2. The number of urea groups is 1. The van der Waals surface area contributed by atoms with E-state index in [1.165, 1.54) is 0 Å². The van der Waals surface area contributed by atoms with Crippen molar-refractivity contribution in [2.24, 2.45) is 0 Å². The average Bonchev–Trinajstić information content (AvgIpc) is 3.17. The van der Waals surface area contributed by atoms with Crippen LogP contribution in [0.15, 0.2) is 67.0 Å². The average molecular weight is 351 g/mol. The Morgan fingerprint density at radius 2 is 1.77 bits per heavy atom. The van der Waals surface area contributed by atoms with Gasteiger partial charge in [-0.1, -0.05) is 30.3 Å². The Morgan fingerprint density at radius 1 is 1.08 bits per heavy atom. The molecule has 0 saturated heterocycles. The zero-order chi connectivity index (χ0) is 18.2. The lowest BCUT2D eigenvalue weighted by atomic mass is 10.1. The van der Waals surface area contributed by atoms with Gasteiger partial charge in [0.1, 0.15) is 5.75 Å². The van der Waals surface area contributed by atoms with Crippen LogP contribution in [-0.2, 0) is 6.54 Å². The molecule has 3 aromatic rings. The fourth-order valence-corrected chi connectivity index (χ4v) is 2.55. The van der Waals surface area contributed by atoms with E-state index in [4.69, 9.17) is 4.74 Å². The summed E-state index contributed by atoms with van der Waals surface area (Å²) in [5, 5.41) is 14.1. The van der Waals surface area contributed by atoms with E-state index in [-0.39, 0.29) is 12.1 Å². The molecule has 0 aliphatic rings. The maximum Gasteiger partial charge on any atom is 0.319 e. The first kappa shape index (κ1) is 17.5. The molecule has 0 aliphatic heterocycles. The van der Waals surface area contributed by atoms with Crippen molar-refractivity contribution in [2.75, 3.05) is 11.9 Å². The Balaban J connectivity index is 1.66. The lowest BCUT2D eigenvalue weighted by Crippen LogP contribution is -2.35. The SMILES string of the molecule is CCOc1ccc(NC(=O)NC(Cn2nccn2)c2ccccc2)cc1. The van der Waals surface area contributed by atoms with Gasteiger partial charge in [-0.05, 0) is 36.8 Å². The van der Waals surface area contributed by atoms with Gasteiger partial charge in [-0.25, -0.2) is 4.79 Å². The Hall–Kier alpha value is -3.35. The zero-order valence-electron chi connectivity index (χ0n) is 14.5. The van der Waals surface area contributed by atoms with Crippen molar-refractivity contribution in [3.8, 4) is 5.75 Å². The number of hydrogen-bond acceptors (Lipinski definition) is 4. The second-order valence-corrected chi connectivity index (χ2v) is 5.60. The Morgan fingerprint density at radius 3 is 2.42 bits per heavy atom. The molecule has 1 atom stereocenters. The van der Waals surface area contributed by atoms with Crippen molar-refractivity contribution in [3.63, 3.8) is 0 Å². The quantitative estimate of drug-likeness (QED) is 0.685. The molecule has 2 aromatic carbocycles. The molecule has 26 heavy (non-hydrogen) atoms. The summed E-state index contributed by atoms with van der Waals surface area (Å²) in [6.07, 6.45) is 3.23. The molecule has 0 fully saturated rings. The molecule has 1 heterocycles. The Labute approximate surface area is 152 Å². The Bertz CT molecular complexity index is 804. The Kier molecular flexibility index (Phi) is 5.82. The van der Waals surface area contributed by atoms with Crippen LogP contribution >= 0.6 is 0 Å². The van der Waals surface area contributed by atoms with E-state index in [0.29, 0.717) is 18.8 Å². The molecule has 2 amide bonds. The summed E-state index contributed by atoms with van der Waals surface area (Å²) in [7, 11) is 0. The van der Waals surface area contributed by atoms with Gasteiger partial charge in [-0.15, -0.1) is 0 Å². The van der Waals surface area contributed by atoms with Gasteiger partial charge < -0.3 is 15.4 Å². The summed E-state index contributed by atoms with van der Waals surface area (Å²) in [5.41, 5.74) is 1.67. The molecule has 0 saturated carbocycles. The molecular weight excluding hydrogens is 330 g/mol. The summed E-state index contributed by atoms with van der Waals surface area (Å²) in [4.78, 5) is 14.0. The van der Waals surface area contributed by atoms with Crippen molar-refractivity contribution in [1.82, 2.24) is 20.3 Å². The van der Waals surface area contributed by atoms with Crippen molar-refractivity contribution >= 4 is 11.7 Å². The minimum atomic E-state index is -0.296. The van der Waals surface area contributed by atoms with Crippen LogP contribution in [0.3, 0.4) is 0 Å². The van der Waals surface area contributed by atoms with Crippen LogP contribution in [0.25, 0.3) is 0 Å². The number of benzene rings is 2. The van der Waals surface area contributed by atoms with Crippen LogP contribution in [0.2, 0.25) is 0 Å². The van der Waals surface area contributed by atoms with Crippen molar-refractivity contribution < 1.29 is 9.53 Å². The summed E-state index contributed by atoms with van der Waals surface area (Å²) < 4.78 is 5.40. The molecule has 0 spiro atoms. The van der Waals surface area contributed by atoms with Crippen molar-refractivity contribution in [3.05, 3.63) is 72.6 Å². The number of nitrogens with zero attached hydrogens (tertiary/aromatic N) is 3. The third-order valence-corrected chi connectivity index (χ3v) is 3.74. The first-order valence-corrected chi connectivity index (χ1v) is 8.44. The predicted octanol–water partition coefficient (Wildman–Crippen LogP) is 3.24. The summed E-state index contributed by atoms with van der Waals surface area (Å²) in [6, 6.07) is 16.4. The highest BCUT2D eigenvalue weighted by atomic mass is 16.5. The van der Waals surface area contributed by atoms with Crippen LogP contribution < -0.4 is 15.4 Å². The number of hydrogen-bond donors (Lipinski definition) is 2. The highest BCUT2D eigenvalue weighted by Gasteiger charge is 2.16. The first-order valence-electron chi connectivity index (χ1n) is 8.44. The van der Waals surface area contributed by atoms with E-state index in [1.807, 2.05) is 49.4 Å². The number of ether oxygens (including phenoxy) is 1. The second kappa shape index (κ2) is 8.66. The molecule has 134 valence electrons. The predicted molar refractivity (Wildman–Crippen MR) is 99.0 cm³/mol. The molecule has 7 nitrogen and oxygen atoms in total. The van der Waals surface area contributed by atoms with Crippen molar-refractivity contribution in [1.29, 1.82) is 0 Å². The molecule has 0 aliphatic carbocycles. The molecule has 0 bridgehead atoms. The van der Waals surface area contributed by atoms with Gasteiger partial charge in [-0.3, -0.25) is 0 Å². The van der Waals surface area contributed by atoms with Gasteiger partial charge in [-0.2, -0.15) is 15.0 Å². The molecule has 3 rings (SSSR count). The smallest absolute Gasteiger partial charge is 0.319 e. The fourth-order valence-electron chi connectivity index (χ4n) is 2.55. The minimum absolute atomic E-state index is 0.258. The van der Waals surface area contributed by atoms with Crippen LogP contribution in [0.4, 0.5) is 10.5 Å². The maximum absolute atomic E-state index is 12.4. The van der Waals surface area contributed by atoms with Crippen LogP contribution in [-0.4, -0.2) is 27.6 Å². The topological polar surface area (TPSA) is 81.1 Å². The van der Waals surface area contributed by atoms with Gasteiger partial charge in [0.25, 0.3) is 0 Å². The second-order valence-electron chi connectivity index (χ2n) is 5.60. The minimum Gasteiger partial charge on any atom is -0.494 e. The van der Waals surface area contributed by atoms with E-state index in [1.54, 1.807) is 29.3 Å². The lowest BCUT2D eigenvalue weighted by molar-refractivity contribution is 0.246. The van der Waals surface area contributed by atoms with Gasteiger partial charge >= 0.3 is 6.03 Å².